The van der Waals surface area contributed by atoms with E-state index in [9.17, 15) is 4.79 Å². The summed E-state index contributed by atoms with van der Waals surface area (Å²) in [6.45, 7) is 2.92. The molecule has 2 rings (SSSR count). The summed E-state index contributed by atoms with van der Waals surface area (Å²) in [6, 6.07) is 7.91. The molecule has 0 aliphatic carbocycles. The fourth-order valence-electron chi connectivity index (χ4n) is 2.34. The van der Waals surface area contributed by atoms with Gasteiger partial charge in [0.15, 0.2) is 0 Å². The molecule has 19 heavy (non-hydrogen) atoms. The monoisotopic (exact) mass is 263 g/mol. The molecule has 0 saturated carbocycles. The summed E-state index contributed by atoms with van der Waals surface area (Å²) in [5.41, 5.74) is 1.12. The van der Waals surface area contributed by atoms with E-state index in [4.69, 9.17) is 9.84 Å². The van der Waals surface area contributed by atoms with Crippen LogP contribution in [0.4, 0.5) is 0 Å². The van der Waals surface area contributed by atoms with Gasteiger partial charge in [-0.15, -0.1) is 0 Å². The molecule has 1 aromatic rings. The van der Waals surface area contributed by atoms with Crippen molar-refractivity contribution in [1.29, 1.82) is 0 Å². The van der Waals surface area contributed by atoms with Gasteiger partial charge in [0, 0.05) is 13.0 Å². The Labute approximate surface area is 113 Å². The number of fused-ring (bicyclic) bond motifs is 1. The fraction of sp³-hybridized carbons (Fsp3) is 0.533. The second kappa shape index (κ2) is 6.57. The number of carbonyl (C=O) groups excluding carboxylic acids is 1. The van der Waals surface area contributed by atoms with Gasteiger partial charge >= 0.3 is 0 Å². The van der Waals surface area contributed by atoms with E-state index in [2.05, 4.69) is 5.32 Å². The molecular formula is C15H21NO3. The predicted molar refractivity (Wildman–Crippen MR) is 73.2 cm³/mol. The lowest BCUT2D eigenvalue weighted by atomic mass is 9.90. The molecule has 2 atom stereocenters. The average Bonchev–Trinajstić information content (AvgIpc) is 2.39. The van der Waals surface area contributed by atoms with Crippen molar-refractivity contribution in [3.63, 3.8) is 0 Å². The number of ether oxygens (including phenoxy) is 1. The first kappa shape index (κ1) is 13.9. The molecule has 0 spiro atoms. The Morgan fingerprint density at radius 3 is 3.11 bits per heavy atom. The molecule has 4 nitrogen and oxygen atoms in total. The van der Waals surface area contributed by atoms with Gasteiger partial charge in [-0.05, 0) is 37.3 Å². The lowest BCUT2D eigenvalue weighted by molar-refractivity contribution is -0.121. The number of aliphatic hydroxyl groups excluding tert-OH is 1. The smallest absolute Gasteiger partial charge is 0.220 e. The Morgan fingerprint density at radius 1 is 1.53 bits per heavy atom. The zero-order valence-corrected chi connectivity index (χ0v) is 11.3. The third-order valence-corrected chi connectivity index (χ3v) is 3.40. The molecule has 104 valence electrons. The molecular weight excluding hydrogens is 242 g/mol. The maximum absolute atomic E-state index is 11.9. The highest BCUT2D eigenvalue weighted by Crippen LogP contribution is 2.35. The van der Waals surface area contributed by atoms with E-state index < -0.39 is 0 Å². The Bertz CT molecular complexity index is 431. The second-order valence-corrected chi connectivity index (χ2v) is 5.06. The highest BCUT2D eigenvalue weighted by Gasteiger charge is 2.23. The van der Waals surface area contributed by atoms with Crippen molar-refractivity contribution in [2.75, 3.05) is 13.2 Å². The number of para-hydroxylation sites is 1. The Hall–Kier alpha value is -1.55. The van der Waals surface area contributed by atoms with Crippen LogP contribution in [-0.4, -0.2) is 30.3 Å². The average molecular weight is 263 g/mol. The lowest BCUT2D eigenvalue weighted by Crippen LogP contribution is -2.29. The molecule has 4 heteroatoms. The SMILES string of the molecule is CC(O)CCNC(=O)CC1CCOc2ccccc21. The first-order chi connectivity index (χ1) is 9.16. The van der Waals surface area contributed by atoms with Crippen molar-refractivity contribution in [2.45, 2.75) is 38.2 Å². The molecule has 0 aromatic heterocycles. The topological polar surface area (TPSA) is 58.6 Å². The third kappa shape index (κ3) is 3.96. The van der Waals surface area contributed by atoms with E-state index >= 15 is 0 Å². The highest BCUT2D eigenvalue weighted by molar-refractivity contribution is 5.77. The normalized spacial score (nSPS) is 19.2. The number of hydrogen-bond donors (Lipinski definition) is 2. The third-order valence-electron chi connectivity index (χ3n) is 3.40. The van der Waals surface area contributed by atoms with Crippen LogP contribution >= 0.6 is 0 Å². The molecule has 1 heterocycles. The molecule has 0 fully saturated rings. The number of benzene rings is 1. The first-order valence-corrected chi connectivity index (χ1v) is 6.83. The van der Waals surface area contributed by atoms with Gasteiger partial charge in [0.25, 0.3) is 0 Å². The van der Waals surface area contributed by atoms with Gasteiger partial charge in [-0.1, -0.05) is 18.2 Å². The van der Waals surface area contributed by atoms with E-state index in [1.54, 1.807) is 6.92 Å². The molecule has 1 aliphatic heterocycles. The van der Waals surface area contributed by atoms with Crippen molar-refractivity contribution in [3.8, 4) is 5.75 Å². The van der Waals surface area contributed by atoms with Crippen molar-refractivity contribution in [3.05, 3.63) is 29.8 Å². The fourth-order valence-corrected chi connectivity index (χ4v) is 2.34. The summed E-state index contributed by atoms with van der Waals surface area (Å²) < 4.78 is 5.58. The largest absolute Gasteiger partial charge is 0.493 e. The van der Waals surface area contributed by atoms with E-state index in [1.165, 1.54) is 0 Å². The number of carbonyl (C=O) groups is 1. The van der Waals surface area contributed by atoms with Gasteiger partial charge in [0.2, 0.25) is 5.91 Å². The minimum Gasteiger partial charge on any atom is -0.493 e. The summed E-state index contributed by atoms with van der Waals surface area (Å²) in [7, 11) is 0. The maximum atomic E-state index is 11.9. The van der Waals surface area contributed by atoms with Gasteiger partial charge in [-0.3, -0.25) is 4.79 Å². The van der Waals surface area contributed by atoms with Gasteiger partial charge in [0.05, 0.1) is 12.7 Å². The van der Waals surface area contributed by atoms with Crippen LogP contribution in [0.5, 0.6) is 5.75 Å². The van der Waals surface area contributed by atoms with Crippen LogP contribution in [0.2, 0.25) is 0 Å². The van der Waals surface area contributed by atoms with Crippen LogP contribution in [0.1, 0.15) is 37.7 Å². The number of hydrogen-bond acceptors (Lipinski definition) is 3. The molecule has 1 aliphatic rings. The summed E-state index contributed by atoms with van der Waals surface area (Å²) in [5.74, 6) is 1.18. The minimum absolute atomic E-state index is 0.0438. The number of aliphatic hydroxyl groups is 1. The van der Waals surface area contributed by atoms with E-state index in [0.29, 0.717) is 26.0 Å². The summed E-state index contributed by atoms with van der Waals surface area (Å²) in [6.07, 6.45) is 1.58. The molecule has 0 saturated heterocycles. The van der Waals surface area contributed by atoms with Crippen LogP contribution in [0.25, 0.3) is 0 Å². The molecule has 2 N–H and O–H groups in total. The summed E-state index contributed by atoms with van der Waals surface area (Å²) >= 11 is 0. The highest BCUT2D eigenvalue weighted by atomic mass is 16.5. The van der Waals surface area contributed by atoms with Gasteiger partial charge in [-0.2, -0.15) is 0 Å². The van der Waals surface area contributed by atoms with E-state index in [0.717, 1.165) is 17.7 Å². The first-order valence-electron chi connectivity index (χ1n) is 6.83. The second-order valence-electron chi connectivity index (χ2n) is 5.06. The zero-order chi connectivity index (χ0) is 13.7. The summed E-state index contributed by atoms with van der Waals surface area (Å²) in [5, 5.41) is 12.0. The van der Waals surface area contributed by atoms with Crippen LogP contribution in [0.3, 0.4) is 0 Å². The lowest BCUT2D eigenvalue weighted by Gasteiger charge is -2.25. The van der Waals surface area contributed by atoms with Crippen LogP contribution in [0.15, 0.2) is 24.3 Å². The Balaban J connectivity index is 1.88. The van der Waals surface area contributed by atoms with Crippen molar-refractivity contribution >= 4 is 5.91 Å². The maximum Gasteiger partial charge on any atom is 0.220 e. The zero-order valence-electron chi connectivity index (χ0n) is 11.3. The van der Waals surface area contributed by atoms with Crippen LogP contribution < -0.4 is 10.1 Å². The standard InChI is InChI=1S/C15H21NO3/c1-11(17)6-8-16-15(18)10-12-7-9-19-14-5-3-2-4-13(12)14/h2-5,11-12,17H,6-10H2,1H3,(H,16,18). The number of nitrogens with one attached hydrogen (secondary N) is 1. The van der Waals surface area contributed by atoms with Crippen molar-refractivity contribution < 1.29 is 14.6 Å². The summed E-state index contributed by atoms with van der Waals surface area (Å²) in [4.78, 5) is 11.9. The van der Waals surface area contributed by atoms with Gasteiger partial charge < -0.3 is 15.2 Å². The molecule has 1 amide bonds. The molecule has 0 bridgehead atoms. The predicted octanol–water partition coefficient (Wildman–Crippen LogP) is 1.83. The minimum atomic E-state index is -0.371. The van der Waals surface area contributed by atoms with E-state index in [1.807, 2.05) is 24.3 Å². The molecule has 0 radical (unpaired) electrons. The number of amides is 1. The number of rotatable bonds is 5. The molecule has 1 aromatic carbocycles. The Morgan fingerprint density at radius 2 is 2.32 bits per heavy atom. The van der Waals surface area contributed by atoms with Crippen molar-refractivity contribution in [1.82, 2.24) is 5.32 Å². The van der Waals surface area contributed by atoms with Crippen LogP contribution in [-0.2, 0) is 4.79 Å². The van der Waals surface area contributed by atoms with Gasteiger partial charge in [-0.25, -0.2) is 0 Å². The van der Waals surface area contributed by atoms with Crippen molar-refractivity contribution in [2.24, 2.45) is 0 Å². The van der Waals surface area contributed by atoms with Gasteiger partial charge in [0.1, 0.15) is 5.75 Å². The Kier molecular flexibility index (Phi) is 4.80. The quantitative estimate of drug-likeness (QED) is 0.852. The van der Waals surface area contributed by atoms with E-state index in [-0.39, 0.29) is 17.9 Å². The van der Waals surface area contributed by atoms with Crippen LogP contribution in [0, 0.1) is 0 Å². The molecule has 2 unspecified atom stereocenters.